The molecule has 0 amide bonds. The molecule has 1 rings (SSSR count). The SMILES string of the molecule is CC1CCCCC1OP(=S)(S)OCCN. The van der Waals surface area contributed by atoms with E-state index in [1.165, 1.54) is 19.3 Å². The Labute approximate surface area is 102 Å². The molecular weight excluding hydrogens is 249 g/mol. The zero-order valence-corrected chi connectivity index (χ0v) is 11.7. The van der Waals surface area contributed by atoms with Gasteiger partial charge in [0, 0.05) is 6.54 Å². The molecule has 0 aromatic heterocycles. The Morgan fingerprint density at radius 2 is 2.13 bits per heavy atom. The molecule has 3 unspecified atom stereocenters. The normalized spacial score (nSPS) is 31.1. The Hall–Kier alpha value is 0.880. The molecule has 0 heterocycles. The number of rotatable bonds is 5. The van der Waals surface area contributed by atoms with Gasteiger partial charge in [-0.25, -0.2) is 0 Å². The highest BCUT2D eigenvalue weighted by Gasteiger charge is 2.27. The van der Waals surface area contributed by atoms with E-state index in [1.54, 1.807) is 0 Å². The maximum atomic E-state index is 5.81. The maximum Gasteiger partial charge on any atom is 0.244 e. The minimum Gasteiger partial charge on any atom is -0.328 e. The van der Waals surface area contributed by atoms with Crippen molar-refractivity contribution in [2.24, 2.45) is 11.7 Å². The standard InChI is InChI=1S/C9H20NO2PS2/c1-8-4-2-3-5-9(8)12-13(14,15)11-7-6-10/h8-9H,2-7,10H2,1H3,(H,14,15). The van der Waals surface area contributed by atoms with Gasteiger partial charge in [0.05, 0.1) is 12.7 Å². The van der Waals surface area contributed by atoms with Crippen LogP contribution in [0.4, 0.5) is 0 Å². The summed E-state index contributed by atoms with van der Waals surface area (Å²) in [6.07, 6.45) is 5.02. The van der Waals surface area contributed by atoms with Gasteiger partial charge in [0.2, 0.25) is 5.69 Å². The van der Waals surface area contributed by atoms with Gasteiger partial charge in [0.1, 0.15) is 0 Å². The Kier molecular flexibility index (Phi) is 6.11. The van der Waals surface area contributed by atoms with Crippen molar-refractivity contribution < 1.29 is 9.05 Å². The van der Waals surface area contributed by atoms with Crippen molar-refractivity contribution in [2.75, 3.05) is 13.2 Å². The number of thiol groups is 1. The molecule has 0 aliphatic heterocycles. The van der Waals surface area contributed by atoms with Crippen molar-refractivity contribution in [3.63, 3.8) is 0 Å². The Bertz CT molecular complexity index is 240. The first-order valence-corrected chi connectivity index (χ1v) is 9.20. The molecule has 0 aromatic rings. The molecule has 0 spiro atoms. The third kappa shape index (κ3) is 5.16. The lowest BCUT2D eigenvalue weighted by Crippen LogP contribution is -2.24. The van der Waals surface area contributed by atoms with Crippen LogP contribution in [0.3, 0.4) is 0 Å². The second-order valence-electron chi connectivity index (χ2n) is 4.00. The number of hydrogen-bond donors (Lipinski definition) is 2. The average molecular weight is 269 g/mol. The molecule has 1 aliphatic rings. The van der Waals surface area contributed by atoms with Crippen LogP contribution in [-0.2, 0) is 20.9 Å². The third-order valence-electron chi connectivity index (χ3n) is 2.67. The summed E-state index contributed by atoms with van der Waals surface area (Å²) in [5.41, 5.74) is 2.99. The fraction of sp³-hybridized carbons (Fsp3) is 1.00. The summed E-state index contributed by atoms with van der Waals surface area (Å²) in [7, 11) is 0. The van der Waals surface area contributed by atoms with E-state index in [0.29, 0.717) is 19.1 Å². The van der Waals surface area contributed by atoms with Gasteiger partial charge in [-0.3, -0.25) is 0 Å². The fourth-order valence-corrected chi connectivity index (χ4v) is 4.02. The van der Waals surface area contributed by atoms with E-state index in [0.717, 1.165) is 6.42 Å². The van der Waals surface area contributed by atoms with E-state index < -0.39 is 5.69 Å². The van der Waals surface area contributed by atoms with E-state index in [9.17, 15) is 0 Å². The van der Waals surface area contributed by atoms with Crippen LogP contribution in [0.25, 0.3) is 0 Å². The van der Waals surface area contributed by atoms with Gasteiger partial charge in [-0.2, -0.15) is 0 Å². The molecule has 6 heteroatoms. The van der Waals surface area contributed by atoms with Crippen molar-refractivity contribution in [1.82, 2.24) is 0 Å². The van der Waals surface area contributed by atoms with Crippen LogP contribution in [0.15, 0.2) is 0 Å². The monoisotopic (exact) mass is 269 g/mol. The lowest BCUT2D eigenvalue weighted by Gasteiger charge is -2.31. The molecule has 15 heavy (non-hydrogen) atoms. The number of hydrogen-bond acceptors (Lipinski definition) is 4. The Morgan fingerprint density at radius 3 is 2.73 bits per heavy atom. The Morgan fingerprint density at radius 1 is 1.47 bits per heavy atom. The van der Waals surface area contributed by atoms with E-state index in [-0.39, 0.29) is 6.10 Å². The van der Waals surface area contributed by atoms with Gasteiger partial charge >= 0.3 is 0 Å². The van der Waals surface area contributed by atoms with E-state index in [2.05, 4.69) is 19.2 Å². The van der Waals surface area contributed by atoms with Gasteiger partial charge in [-0.1, -0.05) is 32.0 Å². The quantitative estimate of drug-likeness (QED) is 0.595. The molecule has 0 saturated heterocycles. The summed E-state index contributed by atoms with van der Waals surface area (Å²) in [5.74, 6) is 0.565. The van der Waals surface area contributed by atoms with Crippen molar-refractivity contribution in [3.05, 3.63) is 0 Å². The Balaban J connectivity index is 2.40. The third-order valence-corrected chi connectivity index (χ3v) is 4.92. The fourth-order valence-electron chi connectivity index (χ4n) is 1.81. The molecule has 3 atom stereocenters. The van der Waals surface area contributed by atoms with Crippen LogP contribution in [-0.4, -0.2) is 19.3 Å². The molecule has 1 fully saturated rings. The number of nitrogens with two attached hydrogens (primary N) is 1. The van der Waals surface area contributed by atoms with Crippen LogP contribution < -0.4 is 5.73 Å². The highest BCUT2D eigenvalue weighted by molar-refractivity contribution is 8.60. The predicted molar refractivity (Wildman–Crippen MR) is 70.8 cm³/mol. The lowest BCUT2D eigenvalue weighted by atomic mass is 9.88. The highest BCUT2D eigenvalue weighted by Crippen LogP contribution is 2.55. The molecule has 2 N–H and O–H groups in total. The zero-order chi connectivity index (χ0) is 11.3. The molecule has 1 aliphatic carbocycles. The summed E-state index contributed by atoms with van der Waals surface area (Å²) in [5, 5.41) is 0. The van der Waals surface area contributed by atoms with Crippen LogP contribution in [0.1, 0.15) is 32.6 Å². The summed E-state index contributed by atoms with van der Waals surface area (Å²) >= 11 is 9.52. The average Bonchev–Trinajstić information content (AvgIpc) is 2.18. The van der Waals surface area contributed by atoms with Gasteiger partial charge in [0.15, 0.2) is 0 Å². The second kappa shape index (κ2) is 6.58. The van der Waals surface area contributed by atoms with Crippen LogP contribution in [0, 0.1) is 5.92 Å². The topological polar surface area (TPSA) is 44.5 Å². The van der Waals surface area contributed by atoms with Crippen molar-refractivity contribution in [3.8, 4) is 0 Å². The summed E-state index contributed by atoms with van der Waals surface area (Å²) in [6, 6.07) is 0. The van der Waals surface area contributed by atoms with Gasteiger partial charge in [-0.15, -0.1) is 0 Å². The van der Waals surface area contributed by atoms with Gasteiger partial charge in [-0.05, 0) is 30.6 Å². The van der Waals surface area contributed by atoms with Gasteiger partial charge in [0.25, 0.3) is 0 Å². The minimum atomic E-state index is -2.37. The van der Waals surface area contributed by atoms with Crippen LogP contribution >= 0.6 is 17.9 Å². The second-order valence-corrected chi connectivity index (χ2v) is 9.24. The maximum absolute atomic E-state index is 5.81. The van der Waals surface area contributed by atoms with Crippen molar-refractivity contribution >= 4 is 29.7 Å². The summed E-state index contributed by atoms with van der Waals surface area (Å²) in [6.45, 7) is 3.10. The van der Waals surface area contributed by atoms with Crippen molar-refractivity contribution in [1.29, 1.82) is 0 Å². The van der Waals surface area contributed by atoms with E-state index in [1.807, 2.05) is 0 Å². The van der Waals surface area contributed by atoms with Crippen LogP contribution in [0.5, 0.6) is 0 Å². The van der Waals surface area contributed by atoms with E-state index >= 15 is 0 Å². The molecule has 1 saturated carbocycles. The zero-order valence-electron chi connectivity index (χ0n) is 9.09. The minimum absolute atomic E-state index is 0.222. The molecule has 0 radical (unpaired) electrons. The largest absolute Gasteiger partial charge is 0.328 e. The first-order valence-electron chi connectivity index (χ1n) is 5.41. The van der Waals surface area contributed by atoms with E-state index in [4.69, 9.17) is 26.6 Å². The predicted octanol–water partition coefficient (Wildman–Crippen LogP) is 2.71. The molecule has 3 nitrogen and oxygen atoms in total. The first kappa shape index (κ1) is 13.9. The van der Waals surface area contributed by atoms with Crippen LogP contribution in [0.2, 0.25) is 0 Å². The van der Waals surface area contributed by atoms with Crippen molar-refractivity contribution in [2.45, 2.75) is 38.7 Å². The highest BCUT2D eigenvalue weighted by atomic mass is 32.9. The van der Waals surface area contributed by atoms with Gasteiger partial charge < -0.3 is 14.8 Å². The lowest BCUT2D eigenvalue weighted by molar-refractivity contribution is 0.100. The molecule has 90 valence electrons. The molecule has 0 aromatic carbocycles. The smallest absolute Gasteiger partial charge is 0.244 e. The summed E-state index contributed by atoms with van der Waals surface area (Å²) < 4.78 is 11.2. The first-order chi connectivity index (χ1) is 7.05. The molecular formula is C9H20NO2PS2. The summed E-state index contributed by atoms with van der Waals surface area (Å²) in [4.78, 5) is 0. The molecule has 0 bridgehead atoms.